The predicted octanol–water partition coefficient (Wildman–Crippen LogP) is 4.33. The van der Waals surface area contributed by atoms with Crippen LogP contribution in [-0.4, -0.2) is 26.7 Å². The van der Waals surface area contributed by atoms with Gasteiger partial charge < -0.3 is 9.84 Å². The fourth-order valence-corrected chi connectivity index (χ4v) is 3.44. The van der Waals surface area contributed by atoms with Gasteiger partial charge in [-0.25, -0.2) is 9.97 Å². The third-order valence-electron chi connectivity index (χ3n) is 3.97. The molecule has 6 nitrogen and oxygen atoms in total. The molecule has 0 aliphatic rings. The molecule has 0 bridgehead atoms. The van der Waals surface area contributed by atoms with Crippen LogP contribution in [0.1, 0.15) is 24.2 Å². The van der Waals surface area contributed by atoms with Crippen molar-refractivity contribution in [3.8, 4) is 0 Å². The number of hydrogen-bond acceptors (Lipinski definition) is 7. The number of nitrogens with zero attached hydrogens (tertiary/aromatic N) is 4. The maximum absolute atomic E-state index is 5.37. The van der Waals surface area contributed by atoms with Gasteiger partial charge in [0.15, 0.2) is 11.0 Å². The van der Waals surface area contributed by atoms with E-state index in [1.807, 2.05) is 42.5 Å². The molecule has 1 N–H and O–H groups in total. The molecule has 0 amide bonds. The third-order valence-corrected chi connectivity index (χ3v) is 4.80. The van der Waals surface area contributed by atoms with E-state index in [4.69, 9.17) is 4.52 Å². The molecule has 2 heterocycles. The van der Waals surface area contributed by atoms with Crippen LogP contribution in [0.2, 0.25) is 0 Å². The molecule has 2 aromatic carbocycles. The monoisotopic (exact) mass is 377 g/mol. The zero-order chi connectivity index (χ0) is 18.5. The molecule has 0 aliphatic heterocycles. The van der Waals surface area contributed by atoms with Crippen LogP contribution < -0.4 is 5.32 Å². The summed E-state index contributed by atoms with van der Waals surface area (Å²) in [6, 6.07) is 18.1. The van der Waals surface area contributed by atoms with E-state index in [0.717, 1.165) is 28.8 Å². The number of anilines is 1. The topological polar surface area (TPSA) is 76.7 Å². The molecule has 7 heteroatoms. The van der Waals surface area contributed by atoms with E-state index in [9.17, 15) is 0 Å². The number of nitrogens with one attached hydrogen (secondary N) is 1. The van der Waals surface area contributed by atoms with Gasteiger partial charge in [0.05, 0.1) is 11.3 Å². The Morgan fingerprint density at radius 1 is 0.963 bits per heavy atom. The van der Waals surface area contributed by atoms with Gasteiger partial charge in [-0.2, -0.15) is 4.98 Å². The number of aromatic nitrogens is 4. The Bertz CT molecular complexity index is 1030. The Kier molecular flexibility index (Phi) is 5.29. The molecule has 4 aromatic rings. The maximum atomic E-state index is 5.37. The molecule has 4 rings (SSSR count). The number of benzene rings is 2. The van der Waals surface area contributed by atoms with E-state index < -0.39 is 0 Å². The van der Waals surface area contributed by atoms with Gasteiger partial charge in [-0.15, -0.1) is 0 Å². The summed E-state index contributed by atoms with van der Waals surface area (Å²) in [4.78, 5) is 13.7. The average molecular weight is 377 g/mol. The highest BCUT2D eigenvalue weighted by Gasteiger charge is 2.11. The number of fused-ring (bicyclic) bond motifs is 1. The van der Waals surface area contributed by atoms with Gasteiger partial charge in [-0.3, -0.25) is 0 Å². The molecule has 0 spiro atoms. The lowest BCUT2D eigenvalue weighted by atomic mass is 10.1. The smallest absolute Gasteiger partial charge is 0.237 e. The van der Waals surface area contributed by atoms with Gasteiger partial charge in [-0.05, 0) is 24.6 Å². The standard InChI is InChI=1S/C20H19N5OS/c1-2-21-19-15-10-6-7-11-16(15)22-20(24-19)27-13-18-23-17(25-26-18)12-14-8-4-3-5-9-14/h3-11H,2,12-13H2,1H3,(H,21,22,24). The average Bonchev–Trinajstić information content (AvgIpc) is 3.15. The summed E-state index contributed by atoms with van der Waals surface area (Å²) in [6.45, 7) is 2.86. The molecule has 136 valence electrons. The number of para-hydroxylation sites is 1. The molecule has 0 saturated heterocycles. The highest BCUT2D eigenvalue weighted by Crippen LogP contribution is 2.26. The Labute approximate surface area is 161 Å². The van der Waals surface area contributed by atoms with E-state index in [1.54, 1.807) is 0 Å². The lowest BCUT2D eigenvalue weighted by molar-refractivity contribution is 0.385. The second kappa shape index (κ2) is 8.18. The van der Waals surface area contributed by atoms with Crippen LogP contribution >= 0.6 is 11.8 Å². The van der Waals surface area contributed by atoms with E-state index in [2.05, 4.69) is 44.5 Å². The molecule has 0 aliphatic carbocycles. The van der Waals surface area contributed by atoms with Gasteiger partial charge in [0.1, 0.15) is 5.82 Å². The Hall–Kier alpha value is -2.93. The first-order valence-electron chi connectivity index (χ1n) is 8.80. The minimum atomic E-state index is 0.533. The van der Waals surface area contributed by atoms with Gasteiger partial charge in [0.25, 0.3) is 0 Å². The van der Waals surface area contributed by atoms with E-state index >= 15 is 0 Å². The van der Waals surface area contributed by atoms with Gasteiger partial charge in [0, 0.05) is 18.4 Å². The summed E-state index contributed by atoms with van der Waals surface area (Å²) < 4.78 is 5.37. The SMILES string of the molecule is CCNc1nc(SCc2nc(Cc3ccccc3)no2)nc2ccccc12. The number of rotatable bonds is 7. The summed E-state index contributed by atoms with van der Waals surface area (Å²) in [7, 11) is 0. The molecular formula is C20H19N5OS. The summed E-state index contributed by atoms with van der Waals surface area (Å²) in [5.74, 6) is 2.64. The van der Waals surface area contributed by atoms with E-state index in [-0.39, 0.29) is 0 Å². The lowest BCUT2D eigenvalue weighted by Crippen LogP contribution is -2.02. The summed E-state index contributed by atoms with van der Waals surface area (Å²) >= 11 is 1.49. The summed E-state index contributed by atoms with van der Waals surface area (Å²) in [6.07, 6.45) is 0.659. The fraction of sp³-hybridized carbons (Fsp3) is 0.200. The minimum absolute atomic E-state index is 0.533. The maximum Gasteiger partial charge on any atom is 0.237 e. The molecule has 0 atom stereocenters. The van der Waals surface area contributed by atoms with Crippen molar-refractivity contribution >= 4 is 28.5 Å². The zero-order valence-corrected chi connectivity index (χ0v) is 15.7. The number of hydrogen-bond donors (Lipinski definition) is 1. The number of thioether (sulfide) groups is 1. The second-order valence-corrected chi connectivity index (χ2v) is 6.90. The van der Waals surface area contributed by atoms with E-state index in [0.29, 0.717) is 29.0 Å². The first-order valence-corrected chi connectivity index (χ1v) is 9.79. The highest BCUT2D eigenvalue weighted by molar-refractivity contribution is 7.98. The van der Waals surface area contributed by atoms with Gasteiger partial charge >= 0.3 is 0 Å². The Morgan fingerprint density at radius 3 is 2.63 bits per heavy atom. The van der Waals surface area contributed by atoms with Crippen molar-refractivity contribution in [1.82, 2.24) is 20.1 Å². The molecule has 27 heavy (non-hydrogen) atoms. The van der Waals surface area contributed by atoms with E-state index in [1.165, 1.54) is 11.8 Å². The fourth-order valence-electron chi connectivity index (χ4n) is 2.75. The summed E-state index contributed by atoms with van der Waals surface area (Å²) in [5, 5.41) is 9.08. The van der Waals surface area contributed by atoms with Gasteiger partial charge in [-0.1, -0.05) is 59.4 Å². The van der Waals surface area contributed by atoms with Gasteiger partial charge in [0.2, 0.25) is 5.89 Å². The van der Waals surface area contributed by atoms with Crippen molar-refractivity contribution in [3.63, 3.8) is 0 Å². The van der Waals surface area contributed by atoms with Crippen molar-refractivity contribution in [2.24, 2.45) is 0 Å². The van der Waals surface area contributed by atoms with Crippen LogP contribution in [0.3, 0.4) is 0 Å². The molecule has 0 radical (unpaired) electrons. The predicted molar refractivity (Wildman–Crippen MR) is 107 cm³/mol. The highest BCUT2D eigenvalue weighted by atomic mass is 32.2. The molecule has 2 aromatic heterocycles. The largest absolute Gasteiger partial charge is 0.370 e. The summed E-state index contributed by atoms with van der Waals surface area (Å²) in [5.41, 5.74) is 2.08. The molecular weight excluding hydrogens is 358 g/mol. The van der Waals surface area contributed by atoms with Crippen molar-refractivity contribution in [2.45, 2.75) is 24.3 Å². The quantitative estimate of drug-likeness (QED) is 0.379. The van der Waals surface area contributed by atoms with Crippen LogP contribution in [0.5, 0.6) is 0 Å². The second-order valence-electron chi connectivity index (χ2n) is 5.96. The van der Waals surface area contributed by atoms with Crippen LogP contribution in [0, 0.1) is 0 Å². The van der Waals surface area contributed by atoms with Crippen molar-refractivity contribution < 1.29 is 4.52 Å². The Balaban J connectivity index is 1.47. The Morgan fingerprint density at radius 2 is 1.78 bits per heavy atom. The first-order chi connectivity index (χ1) is 13.3. The molecule has 0 fully saturated rings. The van der Waals surface area contributed by atoms with Crippen molar-refractivity contribution in [1.29, 1.82) is 0 Å². The molecule has 0 saturated carbocycles. The van der Waals surface area contributed by atoms with Crippen LogP contribution in [0.15, 0.2) is 64.3 Å². The first kappa shape index (κ1) is 17.5. The third kappa shape index (κ3) is 4.25. The van der Waals surface area contributed by atoms with Crippen LogP contribution in [0.4, 0.5) is 5.82 Å². The van der Waals surface area contributed by atoms with Crippen LogP contribution in [-0.2, 0) is 12.2 Å². The van der Waals surface area contributed by atoms with Crippen molar-refractivity contribution in [3.05, 3.63) is 71.9 Å². The normalized spacial score (nSPS) is 11.0. The molecule has 0 unspecified atom stereocenters. The van der Waals surface area contributed by atoms with Crippen molar-refractivity contribution in [2.75, 3.05) is 11.9 Å². The lowest BCUT2D eigenvalue weighted by Gasteiger charge is -2.08. The van der Waals surface area contributed by atoms with Crippen LogP contribution in [0.25, 0.3) is 10.9 Å². The minimum Gasteiger partial charge on any atom is -0.370 e. The zero-order valence-electron chi connectivity index (χ0n) is 14.9.